The van der Waals surface area contributed by atoms with Gasteiger partial charge in [0.05, 0.1) is 11.6 Å². The molecule has 6 nitrogen and oxygen atoms in total. The summed E-state index contributed by atoms with van der Waals surface area (Å²) in [6.07, 6.45) is 2.52. The number of hydrogen-bond acceptors (Lipinski definition) is 5. The highest BCUT2D eigenvalue weighted by Crippen LogP contribution is 2.33. The number of halogens is 2. The monoisotopic (exact) mass is 382 g/mol. The molecule has 0 spiro atoms. The third-order valence-electron chi connectivity index (χ3n) is 4.29. The summed E-state index contributed by atoms with van der Waals surface area (Å²) < 4.78 is 19.6. The molecule has 0 unspecified atom stereocenters. The number of aromatic nitrogens is 1. The molecular weight excluding hydrogens is 359 g/mol. The number of pyridine rings is 1. The molecule has 1 aromatic heterocycles. The summed E-state index contributed by atoms with van der Waals surface area (Å²) in [5.74, 6) is -0.404. The fraction of sp³-hybridized carbons (Fsp3) is 0.611. The van der Waals surface area contributed by atoms with E-state index in [1.165, 1.54) is 0 Å². The van der Waals surface area contributed by atoms with Gasteiger partial charge in [-0.05, 0) is 52.5 Å². The maximum absolute atomic E-state index is 14.3. The van der Waals surface area contributed by atoms with Crippen molar-refractivity contribution in [2.24, 2.45) is 5.92 Å². The van der Waals surface area contributed by atoms with Crippen LogP contribution >= 0.6 is 11.6 Å². The van der Waals surface area contributed by atoms with Gasteiger partial charge in [0.15, 0.2) is 11.6 Å². The standard InChI is InChI=1S/C18H24ClFN4O2/c1-10(22-17(25)26-18(2,3)4)14(11-6-5-7-11)23-16-13(20)8-12(9-21)15(19)24-16/h8,10-11,14H,5-7H2,1-4H3,(H,22,25)(H,23,24)/t10-,14-/m0/s1. The molecule has 1 aliphatic carbocycles. The van der Waals surface area contributed by atoms with Crippen molar-refractivity contribution in [1.29, 1.82) is 5.26 Å². The Hall–Kier alpha value is -2.07. The minimum Gasteiger partial charge on any atom is -0.444 e. The van der Waals surface area contributed by atoms with E-state index in [1.807, 2.05) is 6.92 Å². The van der Waals surface area contributed by atoms with Crippen LogP contribution in [0, 0.1) is 23.1 Å². The lowest BCUT2D eigenvalue weighted by Crippen LogP contribution is -2.51. The zero-order valence-electron chi connectivity index (χ0n) is 15.4. The van der Waals surface area contributed by atoms with E-state index in [9.17, 15) is 9.18 Å². The molecule has 0 aromatic carbocycles. The van der Waals surface area contributed by atoms with Gasteiger partial charge in [0, 0.05) is 6.04 Å². The summed E-state index contributed by atoms with van der Waals surface area (Å²) in [6.45, 7) is 7.20. The molecule has 1 fully saturated rings. The fourth-order valence-corrected chi connectivity index (χ4v) is 3.02. The normalized spacial score (nSPS) is 16.8. The van der Waals surface area contributed by atoms with E-state index in [0.29, 0.717) is 0 Å². The Labute approximate surface area is 158 Å². The van der Waals surface area contributed by atoms with Crippen molar-refractivity contribution in [3.63, 3.8) is 0 Å². The predicted octanol–water partition coefficient (Wildman–Crippen LogP) is 4.24. The summed E-state index contributed by atoms with van der Waals surface area (Å²) in [6, 6.07) is 2.31. The van der Waals surface area contributed by atoms with Gasteiger partial charge in [0.2, 0.25) is 0 Å². The molecule has 1 aromatic rings. The molecule has 0 radical (unpaired) electrons. The van der Waals surface area contributed by atoms with Crippen molar-refractivity contribution in [1.82, 2.24) is 10.3 Å². The van der Waals surface area contributed by atoms with Crippen LogP contribution in [0.1, 0.15) is 52.5 Å². The smallest absolute Gasteiger partial charge is 0.407 e. The van der Waals surface area contributed by atoms with E-state index in [4.69, 9.17) is 21.6 Å². The summed E-state index contributed by atoms with van der Waals surface area (Å²) >= 11 is 5.92. The number of anilines is 1. The van der Waals surface area contributed by atoms with E-state index in [0.717, 1.165) is 25.3 Å². The SMILES string of the molecule is C[C@H](NC(=O)OC(C)(C)C)[C@H](Nc1nc(Cl)c(C#N)cc1F)C1CCC1. The summed E-state index contributed by atoms with van der Waals surface area (Å²) in [5.41, 5.74) is -0.618. The van der Waals surface area contributed by atoms with Gasteiger partial charge >= 0.3 is 6.09 Å². The van der Waals surface area contributed by atoms with Crippen LogP contribution in [0.25, 0.3) is 0 Å². The van der Waals surface area contributed by atoms with Crippen LogP contribution in [0.5, 0.6) is 0 Å². The summed E-state index contributed by atoms with van der Waals surface area (Å²) in [4.78, 5) is 16.0. The number of alkyl carbamates (subject to hydrolysis) is 1. The quantitative estimate of drug-likeness (QED) is 0.744. The lowest BCUT2D eigenvalue weighted by atomic mass is 9.77. The number of rotatable bonds is 5. The number of nitrogens with one attached hydrogen (secondary N) is 2. The molecular formula is C18H24ClFN4O2. The third-order valence-corrected chi connectivity index (χ3v) is 4.58. The van der Waals surface area contributed by atoms with Gasteiger partial charge in [-0.15, -0.1) is 0 Å². The first-order valence-electron chi connectivity index (χ1n) is 8.63. The number of carbonyl (C=O) groups excluding carboxylic acids is 1. The van der Waals surface area contributed by atoms with Gasteiger partial charge in [0.25, 0.3) is 0 Å². The van der Waals surface area contributed by atoms with Crippen LogP contribution in [0.4, 0.5) is 15.0 Å². The summed E-state index contributed by atoms with van der Waals surface area (Å²) in [7, 11) is 0. The van der Waals surface area contributed by atoms with E-state index in [2.05, 4.69) is 15.6 Å². The third kappa shape index (κ3) is 5.21. The van der Waals surface area contributed by atoms with E-state index >= 15 is 0 Å². The minimum absolute atomic E-state index is 0.0187. The molecule has 1 saturated carbocycles. The lowest BCUT2D eigenvalue weighted by molar-refractivity contribution is 0.0492. The number of hydrogen-bond donors (Lipinski definition) is 2. The van der Waals surface area contributed by atoms with E-state index in [1.54, 1.807) is 26.8 Å². The van der Waals surface area contributed by atoms with Crippen LogP contribution in [0.2, 0.25) is 5.15 Å². The molecule has 1 amide bonds. The highest BCUT2D eigenvalue weighted by Gasteiger charge is 2.33. The number of nitriles is 1. The number of carbonyl (C=O) groups is 1. The zero-order chi connectivity index (χ0) is 19.5. The maximum atomic E-state index is 14.3. The van der Waals surface area contributed by atoms with Crippen molar-refractivity contribution in [2.75, 3.05) is 5.32 Å². The predicted molar refractivity (Wildman–Crippen MR) is 97.5 cm³/mol. The van der Waals surface area contributed by atoms with E-state index in [-0.39, 0.29) is 34.5 Å². The second kappa shape index (κ2) is 8.09. The largest absolute Gasteiger partial charge is 0.444 e. The Bertz CT molecular complexity index is 710. The molecule has 2 rings (SSSR count). The number of nitrogens with zero attached hydrogens (tertiary/aromatic N) is 2. The molecule has 1 heterocycles. The molecule has 0 aliphatic heterocycles. The second-order valence-electron chi connectivity index (χ2n) is 7.56. The first kappa shape index (κ1) is 20.2. The molecule has 0 saturated heterocycles. The van der Waals surface area contributed by atoms with Gasteiger partial charge in [-0.3, -0.25) is 0 Å². The maximum Gasteiger partial charge on any atom is 0.407 e. The topological polar surface area (TPSA) is 87.0 Å². The molecule has 1 aliphatic rings. The van der Waals surface area contributed by atoms with Crippen LogP contribution in [-0.4, -0.2) is 28.8 Å². The highest BCUT2D eigenvalue weighted by atomic mass is 35.5. The Morgan fingerprint density at radius 3 is 2.65 bits per heavy atom. The van der Waals surface area contributed by atoms with Crippen molar-refractivity contribution in [3.8, 4) is 6.07 Å². The van der Waals surface area contributed by atoms with Gasteiger partial charge < -0.3 is 15.4 Å². The van der Waals surface area contributed by atoms with Crippen LogP contribution in [-0.2, 0) is 4.74 Å². The molecule has 0 bridgehead atoms. The van der Waals surface area contributed by atoms with Crippen molar-refractivity contribution < 1.29 is 13.9 Å². The average molecular weight is 383 g/mol. The number of amides is 1. The molecule has 142 valence electrons. The molecule has 2 N–H and O–H groups in total. The van der Waals surface area contributed by atoms with Crippen LogP contribution in [0.15, 0.2) is 6.07 Å². The van der Waals surface area contributed by atoms with Crippen molar-refractivity contribution in [3.05, 3.63) is 22.6 Å². The summed E-state index contributed by atoms with van der Waals surface area (Å²) in [5, 5.41) is 14.7. The van der Waals surface area contributed by atoms with Gasteiger partial charge in [0.1, 0.15) is 16.8 Å². The zero-order valence-corrected chi connectivity index (χ0v) is 16.2. The van der Waals surface area contributed by atoms with E-state index < -0.39 is 17.5 Å². The minimum atomic E-state index is -0.653. The Morgan fingerprint density at radius 1 is 1.50 bits per heavy atom. The van der Waals surface area contributed by atoms with Crippen LogP contribution < -0.4 is 10.6 Å². The molecule has 8 heteroatoms. The number of ether oxygens (including phenoxy) is 1. The van der Waals surface area contributed by atoms with Gasteiger partial charge in [-0.1, -0.05) is 18.0 Å². The first-order valence-corrected chi connectivity index (χ1v) is 9.00. The van der Waals surface area contributed by atoms with Crippen molar-refractivity contribution >= 4 is 23.5 Å². The highest BCUT2D eigenvalue weighted by molar-refractivity contribution is 6.30. The van der Waals surface area contributed by atoms with Crippen molar-refractivity contribution in [2.45, 2.75) is 64.6 Å². The first-order chi connectivity index (χ1) is 12.1. The van der Waals surface area contributed by atoms with Crippen LogP contribution in [0.3, 0.4) is 0 Å². The Morgan fingerprint density at radius 2 is 2.15 bits per heavy atom. The molecule has 26 heavy (non-hydrogen) atoms. The Kier molecular flexibility index (Phi) is 6.30. The Balaban J connectivity index is 2.14. The fourth-order valence-electron chi connectivity index (χ4n) is 2.84. The second-order valence-corrected chi connectivity index (χ2v) is 7.92. The van der Waals surface area contributed by atoms with Gasteiger partial charge in [-0.25, -0.2) is 14.2 Å². The lowest BCUT2D eigenvalue weighted by Gasteiger charge is -2.38. The average Bonchev–Trinajstić information content (AvgIpc) is 2.45. The molecule has 2 atom stereocenters. The van der Waals surface area contributed by atoms with Gasteiger partial charge in [-0.2, -0.15) is 5.26 Å².